The number of hydrogen-bond acceptors (Lipinski definition) is 6. The van der Waals surface area contributed by atoms with E-state index in [1.165, 1.54) is 25.5 Å². The van der Waals surface area contributed by atoms with Gasteiger partial charge in [0, 0.05) is 51.8 Å². The first-order valence-electron chi connectivity index (χ1n) is 9.94. The lowest BCUT2D eigenvalue weighted by molar-refractivity contribution is -0.121. The molecule has 0 fully saturated rings. The zero-order chi connectivity index (χ0) is 22.6. The molecule has 2 heterocycles. The van der Waals surface area contributed by atoms with Crippen molar-refractivity contribution in [3.8, 4) is 5.88 Å². The van der Waals surface area contributed by atoms with Crippen molar-refractivity contribution < 1.29 is 17.9 Å². The van der Waals surface area contributed by atoms with Crippen molar-refractivity contribution in [1.82, 2.24) is 24.2 Å². The lowest BCUT2D eigenvalue weighted by Gasteiger charge is -2.11. The monoisotopic (exact) mass is 445 g/mol. The predicted molar refractivity (Wildman–Crippen MR) is 117 cm³/mol. The van der Waals surface area contributed by atoms with E-state index in [1.54, 1.807) is 30.5 Å². The van der Waals surface area contributed by atoms with Crippen LogP contribution in [0.4, 0.5) is 0 Å². The van der Waals surface area contributed by atoms with Gasteiger partial charge in [0.2, 0.25) is 21.8 Å². The molecule has 0 bridgehead atoms. The normalized spacial score (nSPS) is 11.8. The quantitative estimate of drug-likeness (QED) is 0.540. The Kier molecular flexibility index (Phi) is 6.91. The minimum Gasteiger partial charge on any atom is -0.481 e. The number of aryl methyl sites for hydroxylation is 2. The lowest BCUT2D eigenvalue weighted by atomic mass is 10.2. The van der Waals surface area contributed by atoms with E-state index >= 15 is 0 Å². The van der Waals surface area contributed by atoms with Crippen molar-refractivity contribution in [1.29, 1.82) is 0 Å². The van der Waals surface area contributed by atoms with E-state index in [9.17, 15) is 13.2 Å². The number of benzene rings is 1. The van der Waals surface area contributed by atoms with Gasteiger partial charge in [0.15, 0.2) is 0 Å². The number of aromatic nitrogens is 3. The lowest BCUT2D eigenvalue weighted by Crippen LogP contribution is -2.23. The number of rotatable bonds is 9. The van der Waals surface area contributed by atoms with E-state index < -0.39 is 10.0 Å². The Hall–Kier alpha value is -2.98. The van der Waals surface area contributed by atoms with E-state index in [1.807, 2.05) is 17.6 Å². The third kappa shape index (κ3) is 4.86. The summed E-state index contributed by atoms with van der Waals surface area (Å²) in [4.78, 5) is 21.3. The molecule has 166 valence electrons. The Morgan fingerprint density at radius 3 is 2.71 bits per heavy atom. The summed E-state index contributed by atoms with van der Waals surface area (Å²) in [5.41, 5.74) is 2.24. The number of imidazole rings is 1. The van der Waals surface area contributed by atoms with Crippen LogP contribution < -0.4 is 10.1 Å². The molecule has 0 aliphatic heterocycles. The Morgan fingerprint density at radius 2 is 2.03 bits per heavy atom. The number of pyridine rings is 1. The second-order valence-corrected chi connectivity index (χ2v) is 9.31. The highest BCUT2D eigenvalue weighted by Crippen LogP contribution is 2.23. The summed E-state index contributed by atoms with van der Waals surface area (Å²) in [5.74, 6) is 1.11. The van der Waals surface area contributed by atoms with Gasteiger partial charge in [-0.2, -0.15) is 0 Å². The van der Waals surface area contributed by atoms with Gasteiger partial charge in [0.1, 0.15) is 5.82 Å². The predicted octanol–water partition coefficient (Wildman–Crippen LogP) is 1.96. The highest BCUT2D eigenvalue weighted by molar-refractivity contribution is 7.89. The van der Waals surface area contributed by atoms with Gasteiger partial charge >= 0.3 is 0 Å². The van der Waals surface area contributed by atoms with Crippen molar-refractivity contribution in [3.63, 3.8) is 0 Å². The summed E-state index contributed by atoms with van der Waals surface area (Å²) >= 11 is 0. The maximum Gasteiger partial charge on any atom is 0.242 e. The molecule has 0 spiro atoms. The highest BCUT2D eigenvalue weighted by atomic mass is 32.2. The van der Waals surface area contributed by atoms with Crippen LogP contribution in [-0.2, 0) is 34.3 Å². The van der Waals surface area contributed by atoms with Gasteiger partial charge in [0.25, 0.3) is 0 Å². The average Bonchev–Trinajstić information content (AvgIpc) is 3.12. The molecule has 0 unspecified atom stereocenters. The van der Waals surface area contributed by atoms with Crippen LogP contribution in [0.5, 0.6) is 5.88 Å². The molecule has 1 N–H and O–H groups in total. The fourth-order valence-electron chi connectivity index (χ4n) is 3.32. The van der Waals surface area contributed by atoms with Crippen molar-refractivity contribution in [2.24, 2.45) is 0 Å². The third-order valence-corrected chi connectivity index (χ3v) is 6.80. The van der Waals surface area contributed by atoms with Gasteiger partial charge in [0.05, 0.1) is 23.0 Å². The number of hydrogen-bond donors (Lipinski definition) is 1. The summed E-state index contributed by atoms with van der Waals surface area (Å²) in [6.45, 7) is 2.98. The van der Waals surface area contributed by atoms with Gasteiger partial charge in [-0.05, 0) is 31.2 Å². The van der Waals surface area contributed by atoms with Crippen molar-refractivity contribution in [2.45, 2.75) is 37.8 Å². The smallest absolute Gasteiger partial charge is 0.242 e. The number of methoxy groups -OCH3 is 1. The van der Waals surface area contributed by atoms with Gasteiger partial charge in [-0.15, -0.1) is 0 Å². The fourth-order valence-corrected chi connectivity index (χ4v) is 4.25. The van der Waals surface area contributed by atoms with Gasteiger partial charge in [-0.3, -0.25) is 4.79 Å². The summed E-state index contributed by atoms with van der Waals surface area (Å²) in [6.07, 6.45) is 2.33. The first-order chi connectivity index (χ1) is 14.8. The average molecular weight is 446 g/mol. The topological polar surface area (TPSA) is 106 Å². The molecule has 9 nitrogen and oxygen atoms in total. The number of ether oxygens (including phenoxy) is 1. The molecule has 2 aromatic heterocycles. The van der Waals surface area contributed by atoms with Crippen LogP contribution in [0.25, 0.3) is 11.0 Å². The highest BCUT2D eigenvalue weighted by Gasteiger charge is 2.19. The SMILES string of the molecule is CCn1c(CCC(=O)NCc2cccnc2OC)nc2cc(S(=O)(=O)N(C)C)ccc21. The van der Waals surface area contributed by atoms with Crippen LogP contribution >= 0.6 is 0 Å². The molecule has 1 aromatic carbocycles. The summed E-state index contributed by atoms with van der Waals surface area (Å²) in [7, 11) is 0.991. The van der Waals surface area contributed by atoms with E-state index in [0.717, 1.165) is 16.9 Å². The van der Waals surface area contributed by atoms with Gasteiger partial charge < -0.3 is 14.6 Å². The number of nitrogens with zero attached hydrogens (tertiary/aromatic N) is 4. The molecule has 1 amide bonds. The van der Waals surface area contributed by atoms with E-state index in [-0.39, 0.29) is 17.2 Å². The second kappa shape index (κ2) is 9.44. The number of amides is 1. The number of nitrogens with one attached hydrogen (secondary N) is 1. The minimum atomic E-state index is -3.54. The van der Waals surface area contributed by atoms with Crippen LogP contribution in [0.3, 0.4) is 0 Å². The largest absolute Gasteiger partial charge is 0.481 e. The second-order valence-electron chi connectivity index (χ2n) is 7.16. The number of carbonyl (C=O) groups excluding carboxylic acids is 1. The zero-order valence-electron chi connectivity index (χ0n) is 18.1. The first kappa shape index (κ1) is 22.7. The molecule has 31 heavy (non-hydrogen) atoms. The maximum absolute atomic E-state index is 12.4. The molecule has 0 aliphatic carbocycles. The first-order valence-corrected chi connectivity index (χ1v) is 11.4. The molecular formula is C21H27N5O4S. The molecule has 3 aromatic rings. The van der Waals surface area contributed by atoms with Crippen molar-refractivity contribution in [3.05, 3.63) is 47.9 Å². The van der Waals surface area contributed by atoms with Crippen molar-refractivity contribution >= 4 is 27.0 Å². The van der Waals surface area contributed by atoms with Crippen LogP contribution in [-0.4, -0.2) is 54.4 Å². The third-order valence-electron chi connectivity index (χ3n) is 4.99. The Balaban J connectivity index is 1.73. The molecule has 0 saturated heterocycles. The van der Waals surface area contributed by atoms with E-state index in [2.05, 4.69) is 15.3 Å². The molecule has 10 heteroatoms. The Morgan fingerprint density at radius 1 is 1.26 bits per heavy atom. The van der Waals surface area contributed by atoms with Crippen LogP contribution in [0.1, 0.15) is 24.7 Å². The van der Waals surface area contributed by atoms with Crippen LogP contribution in [0.2, 0.25) is 0 Å². The molecule has 3 rings (SSSR count). The van der Waals surface area contributed by atoms with Crippen LogP contribution in [0, 0.1) is 0 Å². The van der Waals surface area contributed by atoms with E-state index in [4.69, 9.17) is 4.74 Å². The van der Waals surface area contributed by atoms with Crippen LogP contribution in [0.15, 0.2) is 41.4 Å². The summed E-state index contributed by atoms with van der Waals surface area (Å²) < 4.78 is 33.2. The standard InChI is InChI=1S/C21H27N5O4S/c1-5-26-18-9-8-16(31(28,29)25(2)3)13-17(18)24-19(26)10-11-20(27)23-14-15-7-6-12-22-21(15)30-4/h6-9,12-13H,5,10-11,14H2,1-4H3,(H,23,27). The molecule has 0 radical (unpaired) electrons. The minimum absolute atomic E-state index is 0.114. The van der Waals surface area contributed by atoms with Crippen molar-refractivity contribution in [2.75, 3.05) is 21.2 Å². The Bertz CT molecular complexity index is 1190. The number of sulfonamides is 1. The number of carbonyl (C=O) groups is 1. The molecule has 0 aliphatic rings. The summed E-state index contributed by atoms with van der Waals surface area (Å²) in [6, 6.07) is 8.57. The number of fused-ring (bicyclic) bond motifs is 1. The summed E-state index contributed by atoms with van der Waals surface area (Å²) in [5, 5.41) is 2.88. The maximum atomic E-state index is 12.4. The van der Waals surface area contributed by atoms with Gasteiger partial charge in [-0.1, -0.05) is 6.07 Å². The van der Waals surface area contributed by atoms with E-state index in [0.29, 0.717) is 30.9 Å². The molecular weight excluding hydrogens is 418 g/mol. The molecule has 0 saturated carbocycles. The fraction of sp³-hybridized carbons (Fsp3) is 0.381. The Labute approximate surface area is 182 Å². The zero-order valence-corrected chi connectivity index (χ0v) is 18.9. The van der Waals surface area contributed by atoms with Gasteiger partial charge in [-0.25, -0.2) is 22.7 Å². The molecule has 0 atom stereocenters.